The Morgan fingerprint density at radius 2 is 1.04 bits per heavy atom. The fourth-order valence-corrected chi connectivity index (χ4v) is 3.71. The lowest BCUT2D eigenvalue weighted by Gasteiger charge is -2.07. The van der Waals surface area contributed by atoms with Gasteiger partial charge in [-0.05, 0) is 24.0 Å². The molecule has 2 aromatic carbocycles. The third-order valence-corrected chi connectivity index (χ3v) is 5.53. The molecule has 5 heteroatoms. The second-order valence-corrected chi connectivity index (χ2v) is 8.24. The summed E-state index contributed by atoms with van der Waals surface area (Å²) in [7, 11) is -3.03. The average Bonchev–Trinajstić information content (AvgIpc) is 2.63. The van der Waals surface area contributed by atoms with Crippen molar-refractivity contribution in [1.82, 2.24) is 0 Å². The highest BCUT2D eigenvalue weighted by Crippen LogP contribution is 2.04. The van der Waals surface area contributed by atoms with Gasteiger partial charge in [-0.2, -0.15) is 0 Å². The van der Waals surface area contributed by atoms with Crippen molar-refractivity contribution in [2.24, 2.45) is 0 Å². The first-order valence-corrected chi connectivity index (χ1v) is 10.4. The van der Waals surface area contributed by atoms with Gasteiger partial charge in [0.25, 0.3) is 0 Å². The molecule has 0 atom stereocenters. The summed E-state index contributed by atoms with van der Waals surface area (Å²) in [5, 5.41) is 0. The van der Waals surface area contributed by atoms with Crippen molar-refractivity contribution < 1.29 is 17.9 Å². The normalized spacial score (nSPS) is 11.5. The lowest BCUT2D eigenvalue weighted by molar-refractivity contribution is 0.121. The molecule has 0 heterocycles. The molecule has 0 amide bonds. The van der Waals surface area contributed by atoms with Crippen LogP contribution in [0, 0.1) is 0 Å². The summed E-state index contributed by atoms with van der Waals surface area (Å²) in [5.74, 6) is 0.334. The van der Waals surface area contributed by atoms with E-state index < -0.39 is 9.84 Å². The maximum Gasteiger partial charge on any atom is 0.150 e. The maximum absolute atomic E-state index is 12.0. The van der Waals surface area contributed by atoms with Crippen LogP contribution in [0.2, 0.25) is 0 Å². The lowest BCUT2D eigenvalue weighted by Crippen LogP contribution is -2.14. The first-order chi connectivity index (χ1) is 12.2. The highest BCUT2D eigenvalue weighted by Gasteiger charge is 2.10. The Kier molecular flexibility index (Phi) is 8.66. The van der Waals surface area contributed by atoms with Crippen molar-refractivity contribution in [3.05, 3.63) is 71.8 Å². The molecular weight excluding hydrogens is 336 g/mol. The maximum atomic E-state index is 12.0. The molecule has 0 aromatic heterocycles. The summed E-state index contributed by atoms with van der Waals surface area (Å²) < 4.78 is 35.0. The Labute approximate surface area is 150 Å². The minimum Gasteiger partial charge on any atom is -0.377 e. The van der Waals surface area contributed by atoms with Gasteiger partial charge in [0.05, 0.1) is 24.7 Å². The molecule has 136 valence electrons. The number of rotatable bonds is 12. The summed E-state index contributed by atoms with van der Waals surface area (Å²) in [4.78, 5) is 0. The molecule has 2 aromatic rings. The van der Waals surface area contributed by atoms with Crippen LogP contribution in [-0.2, 0) is 32.5 Å². The van der Waals surface area contributed by atoms with E-state index in [2.05, 4.69) is 0 Å². The fourth-order valence-electron chi connectivity index (χ4n) is 2.39. The van der Waals surface area contributed by atoms with Crippen LogP contribution in [0.15, 0.2) is 60.7 Å². The molecule has 0 unspecified atom stereocenters. The zero-order chi connectivity index (χ0) is 17.8. The summed E-state index contributed by atoms with van der Waals surface area (Å²) in [5.41, 5.74) is 2.20. The van der Waals surface area contributed by atoms with Gasteiger partial charge in [-0.15, -0.1) is 0 Å². The number of hydrogen-bond donors (Lipinski definition) is 0. The van der Waals surface area contributed by atoms with Crippen LogP contribution in [0.5, 0.6) is 0 Å². The van der Waals surface area contributed by atoms with Crippen LogP contribution in [0.25, 0.3) is 0 Å². The van der Waals surface area contributed by atoms with Crippen molar-refractivity contribution in [2.75, 3.05) is 24.7 Å². The van der Waals surface area contributed by atoms with E-state index in [9.17, 15) is 8.42 Å². The van der Waals surface area contributed by atoms with Crippen molar-refractivity contribution in [3.63, 3.8) is 0 Å². The Bertz CT molecular complexity index is 629. The zero-order valence-electron chi connectivity index (χ0n) is 14.5. The first-order valence-electron chi connectivity index (χ1n) is 8.59. The topological polar surface area (TPSA) is 52.6 Å². The van der Waals surface area contributed by atoms with Gasteiger partial charge in [0.15, 0.2) is 0 Å². The molecule has 0 N–H and O–H groups in total. The molecule has 0 saturated carbocycles. The van der Waals surface area contributed by atoms with Gasteiger partial charge >= 0.3 is 0 Å². The quantitative estimate of drug-likeness (QED) is 0.541. The highest BCUT2D eigenvalue weighted by atomic mass is 32.2. The second-order valence-electron chi connectivity index (χ2n) is 5.94. The lowest BCUT2D eigenvalue weighted by atomic mass is 10.2. The monoisotopic (exact) mass is 362 g/mol. The van der Waals surface area contributed by atoms with Gasteiger partial charge in [0.1, 0.15) is 9.84 Å². The van der Waals surface area contributed by atoms with Crippen LogP contribution in [-0.4, -0.2) is 33.1 Å². The van der Waals surface area contributed by atoms with E-state index in [1.54, 1.807) is 0 Å². The van der Waals surface area contributed by atoms with E-state index in [4.69, 9.17) is 9.47 Å². The molecule has 2 rings (SSSR count). The fraction of sp³-hybridized carbons (Fsp3) is 0.400. The molecule has 0 aliphatic rings. The van der Waals surface area contributed by atoms with Crippen molar-refractivity contribution in [2.45, 2.75) is 26.1 Å². The minimum absolute atomic E-state index is 0.167. The number of ether oxygens (including phenoxy) is 2. The molecule has 0 bridgehead atoms. The van der Waals surface area contributed by atoms with E-state index in [-0.39, 0.29) is 11.5 Å². The van der Waals surface area contributed by atoms with Crippen LogP contribution in [0.4, 0.5) is 0 Å². The SMILES string of the molecule is O=S(=O)(CCCOCc1ccccc1)CCCOCc1ccccc1. The second kappa shape index (κ2) is 11.0. The standard InChI is InChI=1S/C20H26O4S/c21-25(22,15-7-13-23-17-19-9-3-1-4-10-19)16-8-14-24-18-20-11-5-2-6-12-20/h1-6,9-12H,7-8,13-18H2. The van der Waals surface area contributed by atoms with Gasteiger partial charge in [0.2, 0.25) is 0 Å². The van der Waals surface area contributed by atoms with E-state index in [0.29, 0.717) is 39.3 Å². The van der Waals surface area contributed by atoms with E-state index in [1.165, 1.54) is 0 Å². The Hall–Kier alpha value is -1.69. The van der Waals surface area contributed by atoms with Gasteiger partial charge < -0.3 is 9.47 Å². The predicted octanol–water partition coefficient (Wildman–Crippen LogP) is 3.62. The van der Waals surface area contributed by atoms with Gasteiger partial charge in [-0.25, -0.2) is 8.42 Å². The predicted molar refractivity (Wildman–Crippen MR) is 100 cm³/mol. The third-order valence-electron chi connectivity index (χ3n) is 3.71. The first kappa shape index (κ1) is 19.6. The van der Waals surface area contributed by atoms with Crippen LogP contribution in [0.1, 0.15) is 24.0 Å². The van der Waals surface area contributed by atoms with Crippen LogP contribution in [0.3, 0.4) is 0 Å². The average molecular weight is 362 g/mol. The van der Waals surface area contributed by atoms with Gasteiger partial charge in [-0.3, -0.25) is 0 Å². The minimum atomic E-state index is -3.03. The van der Waals surface area contributed by atoms with Crippen LogP contribution >= 0.6 is 0 Å². The Morgan fingerprint density at radius 1 is 0.640 bits per heavy atom. The molecule has 0 radical (unpaired) electrons. The third kappa shape index (κ3) is 8.82. The molecule has 0 spiro atoms. The largest absolute Gasteiger partial charge is 0.377 e. The molecule has 0 saturated heterocycles. The van der Waals surface area contributed by atoms with E-state index in [1.807, 2.05) is 60.7 Å². The Morgan fingerprint density at radius 3 is 1.44 bits per heavy atom. The van der Waals surface area contributed by atoms with Crippen molar-refractivity contribution >= 4 is 9.84 Å². The molecule has 0 fully saturated rings. The number of sulfone groups is 1. The Balaban J connectivity index is 1.51. The van der Waals surface area contributed by atoms with Gasteiger partial charge in [-0.1, -0.05) is 60.7 Å². The smallest absolute Gasteiger partial charge is 0.150 e. The summed E-state index contributed by atoms with van der Waals surface area (Å²) >= 11 is 0. The number of hydrogen-bond acceptors (Lipinski definition) is 4. The summed E-state index contributed by atoms with van der Waals surface area (Å²) in [6.07, 6.45) is 1.06. The highest BCUT2D eigenvalue weighted by molar-refractivity contribution is 7.91. The number of benzene rings is 2. The van der Waals surface area contributed by atoms with Crippen molar-refractivity contribution in [3.8, 4) is 0 Å². The molecule has 4 nitrogen and oxygen atoms in total. The molecule has 0 aliphatic heterocycles. The van der Waals surface area contributed by atoms with Crippen molar-refractivity contribution in [1.29, 1.82) is 0 Å². The molecular formula is C20H26O4S. The summed E-state index contributed by atoms with van der Waals surface area (Å²) in [6, 6.07) is 19.7. The van der Waals surface area contributed by atoms with Gasteiger partial charge in [0, 0.05) is 13.2 Å². The molecule has 25 heavy (non-hydrogen) atoms. The zero-order valence-corrected chi connectivity index (χ0v) is 15.3. The summed E-state index contributed by atoms with van der Waals surface area (Å²) in [6.45, 7) is 1.96. The van der Waals surface area contributed by atoms with Crippen LogP contribution < -0.4 is 0 Å². The van der Waals surface area contributed by atoms with E-state index >= 15 is 0 Å². The molecule has 0 aliphatic carbocycles. The van der Waals surface area contributed by atoms with E-state index in [0.717, 1.165) is 11.1 Å².